The second-order valence-corrected chi connectivity index (χ2v) is 2.44. The molecular formula is C8H7NO4. The lowest BCUT2D eigenvalue weighted by Gasteiger charge is -2.00. The van der Waals surface area contributed by atoms with Crippen molar-refractivity contribution >= 4 is 5.97 Å². The van der Waals surface area contributed by atoms with Crippen molar-refractivity contribution in [1.82, 2.24) is 0 Å². The number of nitroso groups, excluding NO2 is 1. The number of benzene rings is 1. The summed E-state index contributed by atoms with van der Waals surface area (Å²) in [6.45, 7) is -0.0967. The highest BCUT2D eigenvalue weighted by molar-refractivity contribution is 5.90. The van der Waals surface area contributed by atoms with Crippen LogP contribution < -0.4 is 0 Å². The molecule has 0 aliphatic rings. The van der Waals surface area contributed by atoms with Gasteiger partial charge in [0.25, 0.3) is 0 Å². The van der Waals surface area contributed by atoms with Crippen LogP contribution >= 0.6 is 0 Å². The minimum Gasteiger partial charge on any atom is -0.507 e. The lowest BCUT2D eigenvalue weighted by molar-refractivity contribution is 0.0693. The monoisotopic (exact) mass is 181 g/mol. The van der Waals surface area contributed by atoms with Crippen molar-refractivity contribution < 1.29 is 15.0 Å². The topological polar surface area (TPSA) is 87.0 Å². The number of aromatic hydroxyl groups is 1. The Morgan fingerprint density at radius 1 is 1.46 bits per heavy atom. The van der Waals surface area contributed by atoms with E-state index >= 15 is 0 Å². The summed E-state index contributed by atoms with van der Waals surface area (Å²) in [5.41, 5.74) is 0.242. The van der Waals surface area contributed by atoms with Gasteiger partial charge in [-0.05, 0) is 17.7 Å². The lowest BCUT2D eigenvalue weighted by Crippen LogP contribution is -1.97. The van der Waals surface area contributed by atoms with Gasteiger partial charge in [-0.15, -0.1) is 0 Å². The minimum absolute atomic E-state index is 0.0967. The number of carboxylic acid groups (broad SMARTS) is 1. The Balaban J connectivity index is 3.10. The van der Waals surface area contributed by atoms with Crippen molar-refractivity contribution in [2.24, 2.45) is 5.18 Å². The highest BCUT2D eigenvalue weighted by atomic mass is 16.4. The molecule has 5 heteroatoms. The van der Waals surface area contributed by atoms with E-state index in [1.165, 1.54) is 18.2 Å². The molecular weight excluding hydrogens is 174 g/mol. The van der Waals surface area contributed by atoms with Crippen LogP contribution in [0.25, 0.3) is 0 Å². The first kappa shape index (κ1) is 9.18. The molecule has 0 aliphatic heterocycles. The number of hydrogen-bond donors (Lipinski definition) is 2. The molecule has 0 saturated carbocycles. The van der Waals surface area contributed by atoms with Crippen molar-refractivity contribution in [1.29, 1.82) is 0 Å². The van der Waals surface area contributed by atoms with Crippen molar-refractivity contribution in [3.63, 3.8) is 0 Å². The third-order valence-corrected chi connectivity index (χ3v) is 1.54. The summed E-state index contributed by atoms with van der Waals surface area (Å²) >= 11 is 0. The van der Waals surface area contributed by atoms with Gasteiger partial charge in [-0.2, -0.15) is 4.91 Å². The normalized spacial score (nSPS) is 9.54. The van der Waals surface area contributed by atoms with E-state index in [9.17, 15) is 9.70 Å². The highest BCUT2D eigenvalue weighted by Crippen LogP contribution is 2.18. The molecule has 0 bridgehead atoms. The van der Waals surface area contributed by atoms with Gasteiger partial charge in [-0.25, -0.2) is 4.79 Å². The fraction of sp³-hybridized carbons (Fsp3) is 0.125. The number of aromatic carboxylic acids is 1. The molecule has 0 fully saturated rings. The van der Waals surface area contributed by atoms with Crippen molar-refractivity contribution in [2.45, 2.75) is 6.54 Å². The summed E-state index contributed by atoms with van der Waals surface area (Å²) in [6, 6.07) is 3.90. The minimum atomic E-state index is -1.23. The van der Waals surface area contributed by atoms with E-state index in [2.05, 4.69) is 5.18 Å². The Morgan fingerprint density at radius 3 is 2.69 bits per heavy atom. The van der Waals surface area contributed by atoms with E-state index in [0.717, 1.165) is 0 Å². The molecule has 13 heavy (non-hydrogen) atoms. The molecule has 0 amide bonds. The molecule has 0 heterocycles. The van der Waals surface area contributed by atoms with Gasteiger partial charge in [0.2, 0.25) is 0 Å². The summed E-state index contributed by atoms with van der Waals surface area (Å²) in [7, 11) is 0. The molecule has 1 aromatic rings. The van der Waals surface area contributed by atoms with Gasteiger partial charge in [0, 0.05) is 0 Å². The zero-order valence-corrected chi connectivity index (χ0v) is 6.60. The van der Waals surface area contributed by atoms with Gasteiger partial charge >= 0.3 is 5.97 Å². The molecule has 0 unspecified atom stereocenters. The van der Waals surface area contributed by atoms with Crippen LogP contribution in [0.4, 0.5) is 0 Å². The third-order valence-electron chi connectivity index (χ3n) is 1.54. The number of phenols is 1. The zero-order valence-electron chi connectivity index (χ0n) is 6.60. The zero-order chi connectivity index (χ0) is 9.84. The molecule has 2 N–H and O–H groups in total. The number of carboxylic acids is 1. The van der Waals surface area contributed by atoms with Gasteiger partial charge < -0.3 is 10.2 Å². The Hall–Kier alpha value is -1.91. The first-order valence-electron chi connectivity index (χ1n) is 3.49. The van der Waals surface area contributed by atoms with Gasteiger partial charge in [-0.1, -0.05) is 11.2 Å². The van der Waals surface area contributed by atoms with Crippen LogP contribution in [0.1, 0.15) is 15.9 Å². The third kappa shape index (κ3) is 2.02. The summed E-state index contributed by atoms with van der Waals surface area (Å²) < 4.78 is 0. The van der Waals surface area contributed by atoms with Gasteiger partial charge in [0.1, 0.15) is 17.9 Å². The van der Waals surface area contributed by atoms with E-state index in [0.29, 0.717) is 5.56 Å². The first-order chi connectivity index (χ1) is 6.15. The number of hydrogen-bond acceptors (Lipinski definition) is 4. The second kappa shape index (κ2) is 3.66. The smallest absolute Gasteiger partial charge is 0.339 e. The summed E-state index contributed by atoms with van der Waals surface area (Å²) in [6.07, 6.45) is 0. The average molecular weight is 181 g/mol. The molecule has 0 saturated heterocycles. The molecule has 1 aromatic carbocycles. The van der Waals surface area contributed by atoms with E-state index in [1.54, 1.807) is 0 Å². The molecule has 68 valence electrons. The van der Waals surface area contributed by atoms with E-state index in [-0.39, 0.29) is 17.9 Å². The molecule has 0 aliphatic carbocycles. The summed E-state index contributed by atoms with van der Waals surface area (Å²) in [5, 5.41) is 20.3. The van der Waals surface area contributed by atoms with Gasteiger partial charge in [0.05, 0.1) is 0 Å². The molecule has 0 atom stereocenters. The standard InChI is InChI=1S/C8H7NO4/c10-7-2-1-5(4-9-13)3-6(7)8(11)12/h1-3,10H,4H2,(H,11,12). The van der Waals surface area contributed by atoms with Crippen molar-refractivity contribution in [3.05, 3.63) is 34.2 Å². The van der Waals surface area contributed by atoms with E-state index in [4.69, 9.17) is 10.2 Å². The van der Waals surface area contributed by atoms with Crippen LogP contribution in [0.15, 0.2) is 23.4 Å². The Labute approximate surface area is 73.6 Å². The van der Waals surface area contributed by atoms with E-state index < -0.39 is 5.97 Å². The molecule has 0 spiro atoms. The van der Waals surface area contributed by atoms with Gasteiger partial charge in [0.15, 0.2) is 0 Å². The maximum Gasteiger partial charge on any atom is 0.339 e. The number of rotatable bonds is 3. The Bertz CT molecular complexity index is 348. The number of nitrogens with zero attached hydrogens (tertiary/aromatic N) is 1. The quantitative estimate of drug-likeness (QED) is 0.689. The van der Waals surface area contributed by atoms with Gasteiger partial charge in [-0.3, -0.25) is 0 Å². The van der Waals surface area contributed by atoms with Crippen LogP contribution in [0.2, 0.25) is 0 Å². The van der Waals surface area contributed by atoms with Crippen LogP contribution in [-0.4, -0.2) is 16.2 Å². The summed E-state index contributed by atoms with van der Waals surface area (Å²) in [4.78, 5) is 20.4. The Kier molecular flexibility index (Phi) is 2.59. The van der Waals surface area contributed by atoms with Crippen LogP contribution in [0.3, 0.4) is 0 Å². The lowest BCUT2D eigenvalue weighted by atomic mass is 10.1. The largest absolute Gasteiger partial charge is 0.507 e. The van der Waals surface area contributed by atoms with Crippen LogP contribution in [0.5, 0.6) is 5.75 Å². The molecule has 1 rings (SSSR count). The molecule has 0 radical (unpaired) electrons. The van der Waals surface area contributed by atoms with Crippen molar-refractivity contribution in [2.75, 3.05) is 0 Å². The average Bonchev–Trinajstić information content (AvgIpc) is 2.08. The Morgan fingerprint density at radius 2 is 2.15 bits per heavy atom. The number of carbonyl (C=O) groups is 1. The maximum atomic E-state index is 10.5. The fourth-order valence-electron chi connectivity index (χ4n) is 0.927. The SMILES string of the molecule is O=NCc1ccc(O)c(C(=O)O)c1. The predicted molar refractivity (Wildman–Crippen MR) is 44.6 cm³/mol. The maximum absolute atomic E-state index is 10.5. The van der Waals surface area contributed by atoms with Crippen LogP contribution in [-0.2, 0) is 6.54 Å². The fourth-order valence-corrected chi connectivity index (χ4v) is 0.927. The summed E-state index contributed by atoms with van der Waals surface area (Å²) in [5.74, 6) is -1.55. The molecule has 5 nitrogen and oxygen atoms in total. The van der Waals surface area contributed by atoms with Crippen molar-refractivity contribution in [3.8, 4) is 5.75 Å². The second-order valence-electron chi connectivity index (χ2n) is 2.44. The van der Waals surface area contributed by atoms with E-state index in [1.807, 2.05) is 0 Å². The van der Waals surface area contributed by atoms with Crippen LogP contribution in [0, 0.1) is 4.91 Å². The predicted octanol–water partition coefficient (Wildman–Crippen LogP) is 1.36. The first-order valence-corrected chi connectivity index (χ1v) is 3.49. The highest BCUT2D eigenvalue weighted by Gasteiger charge is 2.09. The molecule has 0 aromatic heterocycles.